The van der Waals surface area contributed by atoms with Gasteiger partial charge in [0.2, 0.25) is 11.8 Å². The van der Waals surface area contributed by atoms with Crippen LogP contribution in [0.2, 0.25) is 0 Å². The van der Waals surface area contributed by atoms with E-state index in [-0.39, 0.29) is 0 Å². The Morgan fingerprint density at radius 2 is 1.82 bits per heavy atom. The predicted molar refractivity (Wildman–Crippen MR) is 151 cm³/mol. The number of anilines is 2. The molecule has 1 aliphatic rings. The van der Waals surface area contributed by atoms with E-state index in [0.717, 1.165) is 66.0 Å². The fourth-order valence-corrected chi connectivity index (χ4v) is 4.90. The second kappa shape index (κ2) is 11.0. The molecule has 1 fully saturated rings. The SMILES string of the molecule is COCCOc1nc(Nc2ccc(CN3CCN(C)CC3)cc2)nc2[nH]cc(-c3ccc4nc(C)oc4c3)c12. The van der Waals surface area contributed by atoms with E-state index in [0.29, 0.717) is 36.6 Å². The van der Waals surface area contributed by atoms with Gasteiger partial charge in [-0.1, -0.05) is 18.2 Å². The molecule has 0 saturated carbocycles. The van der Waals surface area contributed by atoms with E-state index in [1.54, 1.807) is 7.11 Å². The number of nitrogens with zero attached hydrogens (tertiary/aromatic N) is 5. The molecule has 1 aliphatic heterocycles. The van der Waals surface area contributed by atoms with Crippen LogP contribution in [0.3, 0.4) is 0 Å². The van der Waals surface area contributed by atoms with Crippen LogP contribution in [0.25, 0.3) is 33.3 Å². The van der Waals surface area contributed by atoms with E-state index < -0.39 is 0 Å². The maximum Gasteiger partial charge on any atom is 0.232 e. The van der Waals surface area contributed by atoms with Crippen molar-refractivity contribution in [3.8, 4) is 17.0 Å². The number of H-pyrrole nitrogens is 1. The van der Waals surface area contributed by atoms with Crippen molar-refractivity contribution in [2.45, 2.75) is 13.5 Å². The predicted octanol–water partition coefficient (Wildman–Crippen LogP) is 4.59. The minimum absolute atomic E-state index is 0.369. The van der Waals surface area contributed by atoms with Crippen molar-refractivity contribution < 1.29 is 13.9 Å². The molecule has 2 aromatic carbocycles. The number of ether oxygens (including phenoxy) is 2. The Kier molecular flexibility index (Phi) is 7.14. The van der Waals surface area contributed by atoms with Crippen LogP contribution in [-0.2, 0) is 11.3 Å². The minimum Gasteiger partial charge on any atom is -0.475 e. The molecule has 0 spiro atoms. The van der Waals surface area contributed by atoms with Gasteiger partial charge >= 0.3 is 0 Å². The molecule has 3 aromatic heterocycles. The highest BCUT2D eigenvalue weighted by molar-refractivity contribution is 5.99. The van der Waals surface area contributed by atoms with Gasteiger partial charge in [0.15, 0.2) is 11.5 Å². The van der Waals surface area contributed by atoms with Gasteiger partial charge < -0.3 is 29.1 Å². The van der Waals surface area contributed by atoms with Crippen LogP contribution in [0.5, 0.6) is 5.88 Å². The molecule has 6 rings (SSSR count). The molecule has 0 atom stereocenters. The molecule has 1 saturated heterocycles. The molecule has 0 unspecified atom stereocenters. The molecule has 4 heterocycles. The van der Waals surface area contributed by atoms with Gasteiger partial charge in [-0.2, -0.15) is 9.97 Å². The second-order valence-corrected chi connectivity index (χ2v) is 9.94. The highest BCUT2D eigenvalue weighted by atomic mass is 16.5. The van der Waals surface area contributed by atoms with Gasteiger partial charge in [-0.05, 0) is 42.4 Å². The topological polar surface area (TPSA) is 105 Å². The average Bonchev–Trinajstić information content (AvgIpc) is 3.53. The van der Waals surface area contributed by atoms with Crippen LogP contribution in [-0.4, -0.2) is 83.3 Å². The Bertz CT molecular complexity index is 1570. The van der Waals surface area contributed by atoms with Crippen molar-refractivity contribution >= 4 is 33.8 Å². The van der Waals surface area contributed by atoms with Gasteiger partial charge in [0.05, 0.1) is 12.0 Å². The number of aryl methyl sites for hydroxylation is 1. The summed E-state index contributed by atoms with van der Waals surface area (Å²) in [6.45, 7) is 8.04. The standard InChI is InChI=1S/C29H33N7O3/c1-19-31-24-9-6-21(16-25(24)39-19)23-17-30-27-26(23)28(38-15-14-37-3)34-29(33-27)32-22-7-4-20(5-8-22)18-36-12-10-35(2)11-13-36/h4-9,16-17H,10-15,18H2,1-3H3,(H2,30,32,33,34). The molecule has 202 valence electrons. The molecule has 2 N–H and O–H groups in total. The van der Waals surface area contributed by atoms with E-state index in [1.165, 1.54) is 5.56 Å². The highest BCUT2D eigenvalue weighted by Gasteiger charge is 2.18. The van der Waals surface area contributed by atoms with E-state index in [9.17, 15) is 0 Å². The lowest BCUT2D eigenvalue weighted by Crippen LogP contribution is -2.43. The van der Waals surface area contributed by atoms with Crippen molar-refractivity contribution in [1.82, 2.24) is 29.7 Å². The van der Waals surface area contributed by atoms with Gasteiger partial charge in [0.25, 0.3) is 0 Å². The molecule has 0 amide bonds. The zero-order valence-corrected chi connectivity index (χ0v) is 22.5. The van der Waals surface area contributed by atoms with Crippen LogP contribution in [0.4, 0.5) is 11.6 Å². The second-order valence-electron chi connectivity index (χ2n) is 9.94. The van der Waals surface area contributed by atoms with Gasteiger partial charge in [0, 0.05) is 64.2 Å². The fourth-order valence-electron chi connectivity index (χ4n) is 4.90. The summed E-state index contributed by atoms with van der Waals surface area (Å²) in [5.74, 6) is 1.57. The molecule has 5 aromatic rings. The summed E-state index contributed by atoms with van der Waals surface area (Å²) in [5.41, 5.74) is 6.32. The number of likely N-dealkylation sites (N-methyl/N-ethyl adjacent to an activating group) is 1. The van der Waals surface area contributed by atoms with Crippen LogP contribution in [0.15, 0.2) is 53.1 Å². The summed E-state index contributed by atoms with van der Waals surface area (Å²) in [7, 11) is 3.83. The van der Waals surface area contributed by atoms with Gasteiger partial charge in [-0.25, -0.2) is 4.98 Å². The molecule has 10 nitrogen and oxygen atoms in total. The number of aromatic amines is 1. The number of benzene rings is 2. The number of hydrogen-bond acceptors (Lipinski definition) is 9. The number of methoxy groups -OCH3 is 1. The van der Waals surface area contributed by atoms with E-state index >= 15 is 0 Å². The Morgan fingerprint density at radius 1 is 1.00 bits per heavy atom. The molecule has 0 bridgehead atoms. The number of aromatic nitrogens is 4. The molecular formula is C29H33N7O3. The first-order chi connectivity index (χ1) is 19.1. The Balaban J connectivity index is 1.26. The van der Waals surface area contributed by atoms with Crippen LogP contribution in [0, 0.1) is 6.92 Å². The van der Waals surface area contributed by atoms with Crippen LogP contribution >= 0.6 is 0 Å². The lowest BCUT2D eigenvalue weighted by molar-refractivity contribution is 0.144. The third kappa shape index (κ3) is 5.58. The third-order valence-corrected chi connectivity index (χ3v) is 7.04. The highest BCUT2D eigenvalue weighted by Crippen LogP contribution is 2.36. The maximum absolute atomic E-state index is 6.08. The van der Waals surface area contributed by atoms with E-state index in [1.807, 2.05) is 31.3 Å². The quantitative estimate of drug-likeness (QED) is 0.266. The zero-order chi connectivity index (χ0) is 26.8. The summed E-state index contributed by atoms with van der Waals surface area (Å²) in [4.78, 5) is 22.1. The lowest BCUT2D eigenvalue weighted by atomic mass is 10.1. The normalized spacial score (nSPS) is 14.8. The number of hydrogen-bond donors (Lipinski definition) is 2. The van der Waals surface area contributed by atoms with E-state index in [4.69, 9.17) is 23.9 Å². The maximum atomic E-state index is 6.08. The average molecular weight is 528 g/mol. The van der Waals surface area contributed by atoms with Crippen molar-refractivity contribution in [2.75, 3.05) is 58.9 Å². The number of fused-ring (bicyclic) bond motifs is 2. The monoisotopic (exact) mass is 527 g/mol. The minimum atomic E-state index is 0.369. The van der Waals surface area contributed by atoms with Crippen molar-refractivity contribution in [1.29, 1.82) is 0 Å². The first-order valence-corrected chi connectivity index (χ1v) is 13.2. The summed E-state index contributed by atoms with van der Waals surface area (Å²) < 4.78 is 17.0. The number of oxazole rings is 1. The number of piperazine rings is 1. The Labute approximate surface area is 227 Å². The van der Waals surface area contributed by atoms with Crippen molar-refractivity contribution in [2.24, 2.45) is 0 Å². The Morgan fingerprint density at radius 3 is 2.62 bits per heavy atom. The summed E-state index contributed by atoms with van der Waals surface area (Å²) in [5, 5.41) is 4.14. The van der Waals surface area contributed by atoms with Crippen LogP contribution in [0.1, 0.15) is 11.5 Å². The van der Waals surface area contributed by atoms with Crippen molar-refractivity contribution in [3.63, 3.8) is 0 Å². The molecule has 10 heteroatoms. The molecule has 0 radical (unpaired) electrons. The number of rotatable bonds is 9. The fraction of sp³-hybridized carbons (Fsp3) is 0.345. The van der Waals surface area contributed by atoms with Gasteiger partial charge in [-0.15, -0.1) is 0 Å². The zero-order valence-electron chi connectivity index (χ0n) is 22.5. The Hall–Kier alpha value is -3.99. The first-order valence-electron chi connectivity index (χ1n) is 13.2. The first kappa shape index (κ1) is 25.3. The third-order valence-electron chi connectivity index (χ3n) is 7.04. The molecule has 0 aliphatic carbocycles. The van der Waals surface area contributed by atoms with Gasteiger partial charge in [0.1, 0.15) is 17.8 Å². The van der Waals surface area contributed by atoms with Crippen LogP contribution < -0.4 is 10.1 Å². The lowest BCUT2D eigenvalue weighted by Gasteiger charge is -2.32. The smallest absolute Gasteiger partial charge is 0.232 e. The van der Waals surface area contributed by atoms with Crippen molar-refractivity contribution in [3.05, 3.63) is 60.1 Å². The van der Waals surface area contributed by atoms with Gasteiger partial charge in [-0.3, -0.25) is 4.90 Å². The summed E-state index contributed by atoms with van der Waals surface area (Å²) in [6, 6.07) is 14.4. The molecule has 39 heavy (non-hydrogen) atoms. The van der Waals surface area contributed by atoms with E-state index in [2.05, 4.69) is 56.4 Å². The molecular weight excluding hydrogens is 494 g/mol. The largest absolute Gasteiger partial charge is 0.475 e. The number of nitrogens with one attached hydrogen (secondary N) is 2. The summed E-state index contributed by atoms with van der Waals surface area (Å²) in [6.07, 6.45) is 1.92. The summed E-state index contributed by atoms with van der Waals surface area (Å²) >= 11 is 0.